The largest absolute Gasteiger partial charge is 0.503 e. The fourth-order valence-electron chi connectivity index (χ4n) is 3.18. The predicted molar refractivity (Wildman–Crippen MR) is 119 cm³/mol. The molecule has 0 aliphatic carbocycles. The minimum absolute atomic E-state index is 0.0590. The van der Waals surface area contributed by atoms with E-state index in [0.717, 1.165) is 19.1 Å². The van der Waals surface area contributed by atoms with Crippen molar-refractivity contribution in [1.29, 1.82) is 0 Å². The maximum atomic E-state index is 14.0. The van der Waals surface area contributed by atoms with Crippen LogP contribution >= 0.6 is 0 Å². The molecule has 12 heteroatoms. The van der Waals surface area contributed by atoms with Crippen molar-refractivity contribution in [3.63, 3.8) is 0 Å². The first kappa shape index (κ1) is 26.4. The third kappa shape index (κ3) is 6.06. The van der Waals surface area contributed by atoms with E-state index in [1.807, 2.05) is 0 Å². The van der Waals surface area contributed by atoms with Gasteiger partial charge < -0.3 is 19.5 Å². The predicted octanol–water partition coefficient (Wildman–Crippen LogP) is 5.56. The summed E-state index contributed by atoms with van der Waals surface area (Å²) in [4.78, 5) is 19.6. The van der Waals surface area contributed by atoms with E-state index in [1.165, 1.54) is 20.5 Å². The minimum Gasteiger partial charge on any atom is -0.503 e. The number of halogens is 5. The quantitative estimate of drug-likeness (QED) is 0.184. The lowest BCUT2D eigenvalue weighted by Gasteiger charge is -2.17. The van der Waals surface area contributed by atoms with Gasteiger partial charge in [0.2, 0.25) is 11.8 Å². The number of hydrogen-bond acceptors (Lipinski definition) is 7. The van der Waals surface area contributed by atoms with Gasteiger partial charge in [-0.25, -0.2) is 18.6 Å². The highest BCUT2D eigenvalue weighted by atomic mass is 19.4. The van der Waals surface area contributed by atoms with Crippen LogP contribution in [0.5, 0.6) is 5.88 Å². The smallest absolute Gasteiger partial charge is 0.433 e. The Morgan fingerprint density at radius 1 is 1.08 bits per heavy atom. The van der Waals surface area contributed by atoms with Crippen LogP contribution in [0.1, 0.15) is 22.4 Å². The number of esters is 1. The third-order valence-corrected chi connectivity index (χ3v) is 4.86. The maximum absolute atomic E-state index is 14.0. The number of alkyl halides is 3. The highest BCUT2D eigenvalue weighted by Gasteiger charge is 2.37. The van der Waals surface area contributed by atoms with Crippen LogP contribution < -0.4 is 10.1 Å². The summed E-state index contributed by atoms with van der Waals surface area (Å²) in [5.41, 5.74) is -1.22. The fourth-order valence-corrected chi connectivity index (χ4v) is 3.18. The molecule has 3 aromatic rings. The number of rotatable bonds is 8. The molecule has 36 heavy (non-hydrogen) atoms. The number of methoxy groups -OCH3 is 2. The van der Waals surface area contributed by atoms with Gasteiger partial charge in [-0.2, -0.15) is 18.2 Å². The number of aromatic nitrogens is 2. The fraction of sp³-hybridized carbons (Fsp3) is 0.208. The standard InChI is InChI=1S/C24H20F5N3O4/c1-13-20(24(27,28)29)31-23(30-19-9-8-15(25)10-18(19)26)32-21(13)36-11-14-6-4-5-7-16(14)17(12-34-2)22(33)35-3/h4-10,12H,11H2,1-3H3,(H,30,31,32)/b17-12+. The monoisotopic (exact) mass is 509 g/mol. The Morgan fingerprint density at radius 3 is 2.44 bits per heavy atom. The molecule has 0 fully saturated rings. The van der Waals surface area contributed by atoms with E-state index in [0.29, 0.717) is 17.2 Å². The highest BCUT2D eigenvalue weighted by Crippen LogP contribution is 2.35. The first-order chi connectivity index (χ1) is 17.0. The van der Waals surface area contributed by atoms with E-state index in [2.05, 4.69) is 15.3 Å². The molecular formula is C24H20F5N3O4. The molecular weight excluding hydrogens is 489 g/mol. The molecule has 0 unspecified atom stereocenters. The Kier molecular flexibility index (Phi) is 8.07. The number of carbonyl (C=O) groups is 1. The second-order valence-electron chi connectivity index (χ2n) is 7.28. The van der Waals surface area contributed by atoms with Gasteiger partial charge in [-0.3, -0.25) is 0 Å². The summed E-state index contributed by atoms with van der Waals surface area (Å²) in [6.07, 6.45) is -3.71. The zero-order chi connectivity index (χ0) is 26.5. The van der Waals surface area contributed by atoms with Crippen LogP contribution in [0, 0.1) is 18.6 Å². The highest BCUT2D eigenvalue weighted by molar-refractivity contribution is 6.16. The Labute approximate surface area is 202 Å². The zero-order valence-electron chi connectivity index (χ0n) is 19.2. The van der Waals surface area contributed by atoms with E-state index >= 15 is 0 Å². The number of nitrogens with zero attached hydrogens (tertiary/aromatic N) is 2. The molecule has 0 aliphatic rings. The molecule has 190 valence electrons. The molecule has 2 aromatic carbocycles. The molecule has 3 rings (SSSR count). The van der Waals surface area contributed by atoms with Crippen molar-refractivity contribution in [2.75, 3.05) is 19.5 Å². The van der Waals surface area contributed by atoms with Gasteiger partial charge in [0.05, 0.1) is 26.2 Å². The van der Waals surface area contributed by atoms with Gasteiger partial charge in [0.1, 0.15) is 23.8 Å². The van der Waals surface area contributed by atoms with Gasteiger partial charge >= 0.3 is 12.1 Å². The first-order valence-electron chi connectivity index (χ1n) is 10.3. The van der Waals surface area contributed by atoms with Crippen LogP contribution in [0.4, 0.5) is 33.6 Å². The summed E-state index contributed by atoms with van der Waals surface area (Å²) >= 11 is 0. The Balaban J connectivity index is 1.99. The van der Waals surface area contributed by atoms with Gasteiger partial charge in [0, 0.05) is 11.6 Å². The van der Waals surface area contributed by atoms with Gasteiger partial charge in [-0.05, 0) is 30.2 Å². The van der Waals surface area contributed by atoms with Crippen LogP contribution in [0.2, 0.25) is 0 Å². The second kappa shape index (κ2) is 11.0. The number of carbonyl (C=O) groups excluding carboxylic acids is 1. The average molecular weight is 509 g/mol. The molecule has 0 amide bonds. The summed E-state index contributed by atoms with van der Waals surface area (Å²) in [5.74, 6) is -3.67. The molecule has 0 saturated heterocycles. The SMILES string of the molecule is CO/C=C(/C(=O)OC)c1ccccc1COc1nc(Nc2ccc(F)cc2F)nc(C(F)(F)F)c1C. The Hall–Kier alpha value is -4.22. The molecule has 7 nitrogen and oxygen atoms in total. The lowest BCUT2D eigenvalue weighted by Crippen LogP contribution is -2.15. The Bertz CT molecular complexity index is 1300. The third-order valence-electron chi connectivity index (χ3n) is 4.86. The summed E-state index contributed by atoms with van der Waals surface area (Å²) in [6, 6.07) is 8.93. The van der Waals surface area contributed by atoms with Crippen molar-refractivity contribution in [3.8, 4) is 5.88 Å². The van der Waals surface area contributed by atoms with Crippen molar-refractivity contribution in [3.05, 3.63) is 82.7 Å². The molecule has 0 aliphatic heterocycles. The first-order valence-corrected chi connectivity index (χ1v) is 10.3. The van der Waals surface area contributed by atoms with Gasteiger partial charge in [-0.1, -0.05) is 24.3 Å². The van der Waals surface area contributed by atoms with Crippen molar-refractivity contribution < 1.29 is 41.0 Å². The Morgan fingerprint density at radius 2 is 1.81 bits per heavy atom. The molecule has 1 heterocycles. The van der Waals surface area contributed by atoms with E-state index in [9.17, 15) is 26.7 Å². The van der Waals surface area contributed by atoms with E-state index in [4.69, 9.17) is 14.2 Å². The van der Waals surface area contributed by atoms with Crippen molar-refractivity contribution in [2.24, 2.45) is 0 Å². The summed E-state index contributed by atoms with van der Waals surface area (Å²) < 4.78 is 83.5. The molecule has 0 bridgehead atoms. The number of hydrogen-bond donors (Lipinski definition) is 1. The zero-order valence-corrected chi connectivity index (χ0v) is 19.2. The van der Waals surface area contributed by atoms with Gasteiger partial charge in [0.25, 0.3) is 0 Å². The summed E-state index contributed by atoms with van der Waals surface area (Å²) in [5, 5.41) is 2.32. The van der Waals surface area contributed by atoms with Gasteiger partial charge in [-0.15, -0.1) is 0 Å². The van der Waals surface area contributed by atoms with E-state index in [-0.39, 0.29) is 17.9 Å². The van der Waals surface area contributed by atoms with Crippen molar-refractivity contribution >= 4 is 23.2 Å². The topological polar surface area (TPSA) is 82.6 Å². The number of nitrogens with one attached hydrogen (secondary N) is 1. The van der Waals surface area contributed by atoms with Crippen molar-refractivity contribution in [2.45, 2.75) is 19.7 Å². The van der Waals surface area contributed by atoms with Crippen LogP contribution in [-0.2, 0) is 27.1 Å². The van der Waals surface area contributed by atoms with Gasteiger partial charge in [0.15, 0.2) is 5.69 Å². The second-order valence-corrected chi connectivity index (χ2v) is 7.28. The number of anilines is 2. The van der Waals surface area contributed by atoms with Crippen LogP contribution in [0.3, 0.4) is 0 Å². The minimum atomic E-state index is -4.87. The maximum Gasteiger partial charge on any atom is 0.433 e. The lowest BCUT2D eigenvalue weighted by molar-refractivity contribution is -0.141. The molecule has 0 radical (unpaired) electrons. The summed E-state index contributed by atoms with van der Waals surface area (Å²) in [7, 11) is 2.52. The molecule has 0 atom stereocenters. The average Bonchev–Trinajstić information content (AvgIpc) is 2.83. The molecule has 1 N–H and O–H groups in total. The molecule has 0 saturated carbocycles. The number of ether oxygens (including phenoxy) is 3. The summed E-state index contributed by atoms with van der Waals surface area (Å²) in [6.45, 7) is 0.824. The van der Waals surface area contributed by atoms with E-state index < -0.39 is 46.9 Å². The van der Waals surface area contributed by atoms with E-state index in [1.54, 1.807) is 24.3 Å². The van der Waals surface area contributed by atoms with Crippen LogP contribution in [-0.4, -0.2) is 30.2 Å². The lowest BCUT2D eigenvalue weighted by atomic mass is 10.0. The van der Waals surface area contributed by atoms with Crippen LogP contribution in [0.25, 0.3) is 5.57 Å². The number of benzene rings is 2. The van der Waals surface area contributed by atoms with Crippen LogP contribution in [0.15, 0.2) is 48.7 Å². The molecule has 1 aromatic heterocycles. The molecule has 0 spiro atoms. The normalized spacial score (nSPS) is 11.7. The van der Waals surface area contributed by atoms with Crippen molar-refractivity contribution in [1.82, 2.24) is 9.97 Å².